The van der Waals surface area contributed by atoms with Gasteiger partial charge in [0.15, 0.2) is 5.82 Å². The molecule has 10 nitrogen and oxygen atoms in total. The molecule has 3 N–H and O–H groups in total. The van der Waals surface area contributed by atoms with Crippen LogP contribution in [-0.4, -0.2) is 85.7 Å². The lowest BCUT2D eigenvalue weighted by molar-refractivity contribution is -0.142. The molecule has 1 fully saturated rings. The summed E-state index contributed by atoms with van der Waals surface area (Å²) in [6.07, 6.45) is 8.21. The second-order valence-corrected chi connectivity index (χ2v) is 10.8. The SMILES string of the molecule is COCC(COC)N1CCc2cc(Nc3ncc(Cl)c(N[C@H]4[C@@H](C(=O)O)[C@@H]5C=C[C@H]4C5)n3)c(OC)cc2CC1. The van der Waals surface area contributed by atoms with Crippen LogP contribution >= 0.6 is 11.6 Å². The number of carboxylic acid groups (broad SMARTS) is 1. The van der Waals surface area contributed by atoms with E-state index in [1.165, 1.54) is 17.3 Å². The maximum atomic E-state index is 11.9. The predicted octanol–water partition coefficient (Wildman–Crippen LogP) is 3.63. The van der Waals surface area contributed by atoms with Gasteiger partial charge in [-0.1, -0.05) is 23.8 Å². The number of aliphatic carboxylic acids is 1. The van der Waals surface area contributed by atoms with Crippen LogP contribution in [0.3, 0.4) is 0 Å². The first-order valence-electron chi connectivity index (χ1n) is 13.3. The maximum Gasteiger partial charge on any atom is 0.309 e. The summed E-state index contributed by atoms with van der Waals surface area (Å²) in [5.41, 5.74) is 3.24. The summed E-state index contributed by atoms with van der Waals surface area (Å²) in [6.45, 7) is 3.04. The second-order valence-electron chi connectivity index (χ2n) is 10.4. The van der Waals surface area contributed by atoms with E-state index in [0.29, 0.717) is 35.8 Å². The fraction of sp³-hybridized carbons (Fsp3) is 0.536. The fourth-order valence-electron chi connectivity index (χ4n) is 6.21. The average molecular weight is 558 g/mol. The van der Waals surface area contributed by atoms with E-state index in [9.17, 15) is 9.90 Å². The monoisotopic (exact) mass is 557 g/mol. The molecule has 1 aromatic heterocycles. The van der Waals surface area contributed by atoms with Crippen LogP contribution in [0, 0.1) is 17.8 Å². The van der Waals surface area contributed by atoms with Crippen molar-refractivity contribution in [3.63, 3.8) is 0 Å². The molecule has 0 radical (unpaired) electrons. The molecule has 1 saturated carbocycles. The van der Waals surface area contributed by atoms with Crippen LogP contribution in [0.15, 0.2) is 30.5 Å². The van der Waals surface area contributed by atoms with E-state index < -0.39 is 11.9 Å². The highest BCUT2D eigenvalue weighted by Crippen LogP contribution is 2.45. The number of carboxylic acids is 1. The summed E-state index contributed by atoms with van der Waals surface area (Å²) in [7, 11) is 5.09. The van der Waals surface area contributed by atoms with Crippen molar-refractivity contribution in [3.8, 4) is 5.75 Å². The molecule has 1 aliphatic heterocycles. The van der Waals surface area contributed by atoms with Gasteiger partial charge in [0.1, 0.15) is 10.8 Å². The number of anilines is 3. The molecule has 4 atom stereocenters. The van der Waals surface area contributed by atoms with E-state index in [1.54, 1.807) is 21.3 Å². The Morgan fingerprint density at radius 3 is 2.49 bits per heavy atom. The number of carbonyl (C=O) groups is 1. The lowest BCUT2D eigenvalue weighted by atomic mass is 9.89. The van der Waals surface area contributed by atoms with Gasteiger partial charge in [0.2, 0.25) is 5.95 Å². The highest BCUT2D eigenvalue weighted by Gasteiger charge is 2.48. The molecular weight excluding hydrogens is 522 g/mol. The predicted molar refractivity (Wildman–Crippen MR) is 149 cm³/mol. The van der Waals surface area contributed by atoms with E-state index in [4.69, 9.17) is 25.8 Å². The standard InChI is InChI=1S/C28H36ClN5O5/c1-37-14-20(15-38-2)34-8-6-16-11-22(23(39-3)12-17(16)7-9-34)31-28-30-13-21(29)26(33-28)32-25-19-5-4-18(10-19)24(25)27(35)36/h4-5,11-13,18-20,24-25H,6-10,14-15H2,1-3H3,(H,35,36)(H2,30,31,32,33)/t18-,19+,24+,25-/m1/s1. The number of ether oxygens (including phenoxy) is 3. The third-order valence-electron chi connectivity index (χ3n) is 8.13. The van der Waals surface area contributed by atoms with Crippen LogP contribution in [-0.2, 0) is 27.1 Å². The quantitative estimate of drug-likeness (QED) is 0.353. The minimum Gasteiger partial charge on any atom is -0.495 e. The van der Waals surface area contributed by atoms with Gasteiger partial charge < -0.3 is 30.0 Å². The minimum atomic E-state index is -0.808. The number of benzene rings is 1. The van der Waals surface area contributed by atoms with E-state index in [2.05, 4.69) is 43.7 Å². The number of nitrogens with zero attached hydrogens (tertiary/aromatic N) is 3. The smallest absolute Gasteiger partial charge is 0.309 e. The Balaban J connectivity index is 1.34. The second kappa shape index (κ2) is 12.1. The van der Waals surface area contributed by atoms with E-state index in [0.717, 1.165) is 38.0 Å². The van der Waals surface area contributed by atoms with Gasteiger partial charge in [0.05, 0.1) is 44.2 Å². The normalized spacial score (nSPS) is 24.0. The number of aromatic nitrogens is 2. The van der Waals surface area contributed by atoms with E-state index in [1.807, 2.05) is 6.08 Å². The van der Waals surface area contributed by atoms with Gasteiger partial charge in [-0.05, 0) is 54.4 Å². The average Bonchev–Trinajstić information content (AvgIpc) is 3.46. The van der Waals surface area contributed by atoms with Crippen LogP contribution in [0.4, 0.5) is 17.5 Å². The summed E-state index contributed by atoms with van der Waals surface area (Å²) in [6, 6.07) is 4.11. The van der Waals surface area contributed by atoms with Crippen LogP contribution in [0.25, 0.3) is 0 Å². The number of allylic oxidation sites excluding steroid dienone is 1. The first-order chi connectivity index (χ1) is 18.9. The molecule has 2 aliphatic carbocycles. The Bertz CT molecular complexity index is 1220. The Hall–Kier alpha value is -2.92. The topological polar surface area (TPSA) is 118 Å². The Morgan fingerprint density at radius 2 is 1.82 bits per heavy atom. The van der Waals surface area contributed by atoms with Gasteiger partial charge >= 0.3 is 5.97 Å². The van der Waals surface area contributed by atoms with Crippen molar-refractivity contribution in [2.75, 3.05) is 58.3 Å². The largest absolute Gasteiger partial charge is 0.495 e. The zero-order chi connectivity index (χ0) is 27.5. The molecule has 0 saturated heterocycles. The molecular formula is C28H36ClN5O5. The first-order valence-corrected chi connectivity index (χ1v) is 13.7. The van der Waals surface area contributed by atoms with E-state index >= 15 is 0 Å². The molecule has 5 rings (SSSR count). The van der Waals surface area contributed by atoms with Crippen LogP contribution in [0.2, 0.25) is 5.02 Å². The highest BCUT2D eigenvalue weighted by molar-refractivity contribution is 6.32. The van der Waals surface area contributed by atoms with Crippen molar-refractivity contribution in [2.24, 2.45) is 17.8 Å². The maximum absolute atomic E-state index is 11.9. The van der Waals surface area contributed by atoms with Gasteiger partial charge in [0.25, 0.3) is 0 Å². The number of fused-ring (bicyclic) bond motifs is 3. The fourth-order valence-corrected chi connectivity index (χ4v) is 6.36. The summed E-state index contributed by atoms with van der Waals surface area (Å²) in [5.74, 6) is 0.303. The van der Waals surface area contributed by atoms with Gasteiger partial charge in [-0.15, -0.1) is 0 Å². The first kappa shape index (κ1) is 27.6. The molecule has 2 heterocycles. The number of nitrogens with one attached hydrogen (secondary N) is 2. The Kier molecular flexibility index (Phi) is 8.56. The summed E-state index contributed by atoms with van der Waals surface area (Å²) in [4.78, 5) is 23.4. The summed E-state index contributed by atoms with van der Waals surface area (Å²) < 4.78 is 16.6. The van der Waals surface area contributed by atoms with Crippen molar-refractivity contribution in [2.45, 2.75) is 31.3 Å². The molecule has 39 heavy (non-hydrogen) atoms. The number of hydrogen-bond donors (Lipinski definition) is 3. The zero-order valence-corrected chi connectivity index (χ0v) is 23.3. The van der Waals surface area contributed by atoms with Crippen LogP contribution in [0.1, 0.15) is 17.5 Å². The highest BCUT2D eigenvalue weighted by atomic mass is 35.5. The minimum absolute atomic E-state index is 0.0299. The van der Waals surface area contributed by atoms with Crippen molar-refractivity contribution < 1.29 is 24.1 Å². The molecule has 2 bridgehead atoms. The van der Waals surface area contributed by atoms with E-state index in [-0.39, 0.29) is 23.9 Å². The van der Waals surface area contributed by atoms with Gasteiger partial charge in [-0.25, -0.2) is 4.98 Å². The van der Waals surface area contributed by atoms with Gasteiger partial charge in [-0.2, -0.15) is 4.98 Å². The molecule has 0 spiro atoms. The molecule has 1 aromatic carbocycles. The number of rotatable bonds is 11. The zero-order valence-electron chi connectivity index (χ0n) is 22.5. The third kappa shape index (κ3) is 5.84. The molecule has 11 heteroatoms. The number of halogens is 1. The van der Waals surface area contributed by atoms with Crippen molar-refractivity contribution in [1.82, 2.24) is 14.9 Å². The molecule has 0 unspecified atom stereocenters. The van der Waals surface area contributed by atoms with Crippen molar-refractivity contribution in [3.05, 3.63) is 46.6 Å². The van der Waals surface area contributed by atoms with Crippen molar-refractivity contribution in [1.29, 1.82) is 0 Å². The lowest BCUT2D eigenvalue weighted by Gasteiger charge is -2.29. The summed E-state index contributed by atoms with van der Waals surface area (Å²) in [5, 5.41) is 16.7. The van der Waals surface area contributed by atoms with Gasteiger partial charge in [0, 0.05) is 33.4 Å². The van der Waals surface area contributed by atoms with Crippen LogP contribution in [0.5, 0.6) is 5.75 Å². The number of hydrogen-bond acceptors (Lipinski definition) is 9. The molecule has 3 aliphatic rings. The van der Waals surface area contributed by atoms with Crippen LogP contribution < -0.4 is 15.4 Å². The van der Waals surface area contributed by atoms with Crippen molar-refractivity contribution >= 4 is 35.0 Å². The molecule has 2 aromatic rings. The molecule has 0 amide bonds. The van der Waals surface area contributed by atoms with Gasteiger partial charge in [-0.3, -0.25) is 9.69 Å². The summed E-state index contributed by atoms with van der Waals surface area (Å²) >= 11 is 6.43. The molecule has 210 valence electrons. The Labute approximate surface area is 233 Å². The number of methoxy groups -OCH3 is 3. The lowest BCUT2D eigenvalue weighted by Crippen LogP contribution is -2.43. The Morgan fingerprint density at radius 1 is 1.13 bits per heavy atom. The third-order valence-corrected chi connectivity index (χ3v) is 8.41.